The second-order valence-corrected chi connectivity index (χ2v) is 10.5. The number of carbonyl (C=O) groups excluding carboxylic acids is 2. The number of likely N-dealkylation sites (tertiary alicyclic amines) is 2. The van der Waals surface area contributed by atoms with E-state index in [0.717, 1.165) is 54.0 Å². The van der Waals surface area contributed by atoms with Gasteiger partial charge in [0.05, 0.1) is 5.75 Å². The molecule has 2 saturated heterocycles. The third-order valence-corrected chi connectivity index (χ3v) is 8.47. The summed E-state index contributed by atoms with van der Waals surface area (Å²) in [6.07, 6.45) is 7.87. The smallest absolute Gasteiger partial charge is 0.232 e. The predicted molar refractivity (Wildman–Crippen MR) is 122 cm³/mol. The molecule has 2 aliphatic rings. The van der Waals surface area contributed by atoms with Gasteiger partial charge in [-0.1, -0.05) is 24.6 Å². The second-order valence-electron chi connectivity index (χ2n) is 8.33. The monoisotopic (exact) mass is 446 g/mol. The molecule has 162 valence electrons. The highest BCUT2D eigenvalue weighted by atomic mass is 32.2. The molecule has 0 aromatic carbocycles. The summed E-state index contributed by atoms with van der Waals surface area (Å²) < 4.78 is 0. The van der Waals surface area contributed by atoms with Crippen molar-refractivity contribution in [1.82, 2.24) is 19.8 Å². The Hall–Kier alpha value is -1.67. The van der Waals surface area contributed by atoms with Gasteiger partial charge in [0.25, 0.3) is 0 Å². The molecule has 4 heterocycles. The molecule has 0 unspecified atom stereocenters. The van der Waals surface area contributed by atoms with Gasteiger partial charge < -0.3 is 9.80 Å². The summed E-state index contributed by atoms with van der Waals surface area (Å²) in [5.74, 6) is 0.908. The Labute approximate surface area is 186 Å². The lowest BCUT2D eigenvalue weighted by molar-refractivity contribution is -0.139. The maximum Gasteiger partial charge on any atom is 0.232 e. The molecule has 0 atom stereocenters. The van der Waals surface area contributed by atoms with E-state index in [1.807, 2.05) is 4.90 Å². The molecular weight excluding hydrogens is 416 g/mol. The fraction of sp³-hybridized carbons (Fsp3) is 0.636. The maximum absolute atomic E-state index is 12.9. The summed E-state index contributed by atoms with van der Waals surface area (Å²) in [5, 5.41) is 1.97. The summed E-state index contributed by atoms with van der Waals surface area (Å²) in [5.41, 5.74) is 1.21. The molecule has 4 rings (SSSR count). The lowest BCUT2D eigenvalue weighted by atomic mass is 9.95. The van der Waals surface area contributed by atoms with Gasteiger partial charge in [-0.2, -0.15) is 0 Å². The Balaban J connectivity index is 1.30. The largest absolute Gasteiger partial charge is 0.342 e. The quantitative estimate of drug-likeness (QED) is 0.524. The topological polar surface area (TPSA) is 66.4 Å². The molecule has 2 aromatic heterocycles. The minimum atomic E-state index is 0.0812. The summed E-state index contributed by atoms with van der Waals surface area (Å²) in [6.45, 7) is 7.36. The molecule has 0 spiro atoms. The highest BCUT2D eigenvalue weighted by Gasteiger charge is 2.30. The van der Waals surface area contributed by atoms with Crippen LogP contribution in [0.25, 0.3) is 10.2 Å². The van der Waals surface area contributed by atoms with Crippen molar-refractivity contribution < 1.29 is 9.59 Å². The van der Waals surface area contributed by atoms with Gasteiger partial charge in [-0.25, -0.2) is 9.97 Å². The Kier molecular flexibility index (Phi) is 6.93. The van der Waals surface area contributed by atoms with Crippen molar-refractivity contribution in [3.8, 4) is 0 Å². The Bertz CT molecular complexity index is 913. The molecule has 0 aliphatic carbocycles. The van der Waals surface area contributed by atoms with Gasteiger partial charge >= 0.3 is 0 Å². The fourth-order valence-electron chi connectivity index (χ4n) is 4.41. The molecule has 2 fully saturated rings. The lowest BCUT2D eigenvalue weighted by Crippen LogP contribution is -2.45. The van der Waals surface area contributed by atoms with Gasteiger partial charge in [0.2, 0.25) is 11.8 Å². The number of thiophene rings is 1. The van der Waals surface area contributed by atoms with Gasteiger partial charge in [0.1, 0.15) is 16.2 Å². The minimum Gasteiger partial charge on any atom is -0.342 e. The number of hydrogen-bond donors (Lipinski definition) is 0. The summed E-state index contributed by atoms with van der Waals surface area (Å²) in [7, 11) is 0. The summed E-state index contributed by atoms with van der Waals surface area (Å²) in [6, 6.07) is 0. The normalized spacial score (nSPS) is 18.6. The zero-order chi connectivity index (χ0) is 21.1. The Morgan fingerprint density at radius 3 is 2.43 bits per heavy atom. The van der Waals surface area contributed by atoms with Gasteiger partial charge in [0.15, 0.2) is 0 Å². The van der Waals surface area contributed by atoms with Crippen molar-refractivity contribution in [3.05, 3.63) is 16.8 Å². The summed E-state index contributed by atoms with van der Waals surface area (Å²) in [4.78, 5) is 40.7. The van der Waals surface area contributed by atoms with E-state index in [1.54, 1.807) is 17.7 Å². The van der Waals surface area contributed by atoms with E-state index in [-0.39, 0.29) is 11.8 Å². The van der Waals surface area contributed by atoms with Gasteiger partial charge in [0, 0.05) is 42.4 Å². The number of nitrogens with zero attached hydrogens (tertiary/aromatic N) is 4. The van der Waals surface area contributed by atoms with Crippen LogP contribution in [0, 0.1) is 19.8 Å². The van der Waals surface area contributed by atoms with Crippen LogP contribution in [-0.2, 0) is 9.59 Å². The summed E-state index contributed by atoms with van der Waals surface area (Å²) >= 11 is 3.18. The number of piperidine rings is 1. The molecule has 0 saturated carbocycles. The van der Waals surface area contributed by atoms with Crippen molar-refractivity contribution in [2.75, 3.05) is 31.9 Å². The number of amides is 2. The van der Waals surface area contributed by atoms with E-state index >= 15 is 0 Å². The zero-order valence-corrected chi connectivity index (χ0v) is 19.5. The van der Waals surface area contributed by atoms with Crippen LogP contribution in [0.2, 0.25) is 0 Å². The Morgan fingerprint density at radius 1 is 1.03 bits per heavy atom. The van der Waals surface area contributed by atoms with Crippen LogP contribution in [0.3, 0.4) is 0 Å². The van der Waals surface area contributed by atoms with Crippen molar-refractivity contribution in [1.29, 1.82) is 0 Å². The Morgan fingerprint density at radius 2 is 1.73 bits per heavy atom. The van der Waals surface area contributed by atoms with Gasteiger partial charge in [-0.05, 0) is 45.1 Å². The number of carbonyl (C=O) groups is 2. The number of rotatable bonds is 4. The third-order valence-electron chi connectivity index (χ3n) is 6.38. The van der Waals surface area contributed by atoms with Crippen LogP contribution < -0.4 is 0 Å². The van der Waals surface area contributed by atoms with E-state index in [2.05, 4.69) is 28.7 Å². The molecule has 8 heteroatoms. The molecule has 2 aromatic rings. The first-order chi connectivity index (χ1) is 14.5. The van der Waals surface area contributed by atoms with Gasteiger partial charge in [-0.3, -0.25) is 9.59 Å². The number of aryl methyl sites for hydroxylation is 2. The third kappa shape index (κ3) is 4.64. The first-order valence-electron chi connectivity index (χ1n) is 10.9. The van der Waals surface area contributed by atoms with Crippen LogP contribution in [0.4, 0.5) is 0 Å². The number of hydrogen-bond acceptors (Lipinski definition) is 6. The number of aromatic nitrogens is 2. The standard InChI is InChI=1S/C22H30N4O2S2/c1-15-16(2)30-21-19(15)20(23-14-24-21)29-13-18(27)25-11-7-17(8-12-25)22(28)26-9-5-3-4-6-10-26/h14,17H,3-13H2,1-2H3. The second kappa shape index (κ2) is 9.64. The van der Waals surface area contributed by atoms with E-state index in [1.165, 1.54) is 35.0 Å². The van der Waals surface area contributed by atoms with Crippen molar-refractivity contribution in [2.24, 2.45) is 5.92 Å². The molecule has 2 aliphatic heterocycles. The molecular formula is C22H30N4O2S2. The molecule has 2 amide bonds. The average molecular weight is 447 g/mol. The number of thioether (sulfide) groups is 1. The van der Waals surface area contributed by atoms with Crippen LogP contribution in [0.5, 0.6) is 0 Å². The molecule has 6 nitrogen and oxygen atoms in total. The van der Waals surface area contributed by atoms with Crippen LogP contribution in [-0.4, -0.2) is 63.5 Å². The molecule has 0 bridgehead atoms. The first-order valence-corrected chi connectivity index (χ1v) is 12.7. The first kappa shape index (κ1) is 21.6. The predicted octanol–water partition coefficient (Wildman–Crippen LogP) is 4.04. The fourth-order valence-corrected chi connectivity index (χ4v) is 6.43. The lowest BCUT2D eigenvalue weighted by Gasteiger charge is -2.34. The van der Waals surface area contributed by atoms with Crippen molar-refractivity contribution in [3.63, 3.8) is 0 Å². The van der Waals surface area contributed by atoms with Crippen molar-refractivity contribution in [2.45, 2.75) is 57.4 Å². The highest BCUT2D eigenvalue weighted by Crippen LogP contribution is 2.34. The van der Waals surface area contributed by atoms with E-state index in [9.17, 15) is 9.59 Å². The SMILES string of the molecule is Cc1sc2ncnc(SCC(=O)N3CCC(C(=O)N4CCCCCC4)CC3)c2c1C. The number of fused-ring (bicyclic) bond motifs is 1. The van der Waals surface area contributed by atoms with Crippen LogP contribution in [0.15, 0.2) is 11.4 Å². The molecule has 0 radical (unpaired) electrons. The average Bonchev–Trinajstić information content (AvgIpc) is 2.94. The highest BCUT2D eigenvalue weighted by molar-refractivity contribution is 8.00. The van der Waals surface area contributed by atoms with Gasteiger partial charge in [-0.15, -0.1) is 11.3 Å². The molecule has 0 N–H and O–H groups in total. The minimum absolute atomic E-state index is 0.0812. The van der Waals surface area contributed by atoms with Crippen LogP contribution in [0.1, 0.15) is 49.0 Å². The van der Waals surface area contributed by atoms with E-state index in [4.69, 9.17) is 0 Å². The van der Waals surface area contributed by atoms with Crippen LogP contribution >= 0.6 is 23.1 Å². The molecule has 30 heavy (non-hydrogen) atoms. The van der Waals surface area contributed by atoms with E-state index < -0.39 is 0 Å². The van der Waals surface area contributed by atoms with E-state index in [0.29, 0.717) is 24.7 Å². The maximum atomic E-state index is 12.9. The zero-order valence-electron chi connectivity index (χ0n) is 17.9. The van der Waals surface area contributed by atoms with Crippen molar-refractivity contribution >= 4 is 45.1 Å².